The first-order chi connectivity index (χ1) is 13.3. The van der Waals surface area contributed by atoms with Crippen LogP contribution in [0.5, 0.6) is 0 Å². The Labute approximate surface area is 165 Å². The molecule has 1 saturated heterocycles. The highest BCUT2D eigenvalue weighted by Crippen LogP contribution is 2.32. The minimum absolute atomic E-state index is 0.192. The summed E-state index contributed by atoms with van der Waals surface area (Å²) in [4.78, 5) is 29.9. The highest BCUT2D eigenvalue weighted by atomic mass is 16.6. The number of likely N-dealkylation sites (tertiary alicyclic amines) is 1. The van der Waals surface area contributed by atoms with Gasteiger partial charge in [-0.25, -0.2) is 0 Å². The van der Waals surface area contributed by atoms with Crippen molar-refractivity contribution >= 4 is 11.9 Å². The maximum absolute atomic E-state index is 12.8. The van der Waals surface area contributed by atoms with E-state index in [1.807, 2.05) is 56.0 Å². The molecule has 28 heavy (non-hydrogen) atoms. The number of rotatable bonds is 7. The molecule has 0 radical (unpaired) electrons. The van der Waals surface area contributed by atoms with Crippen LogP contribution in [-0.4, -0.2) is 47.2 Å². The predicted octanol–water partition coefficient (Wildman–Crippen LogP) is 3.60. The number of azide groups is 1. The Morgan fingerprint density at radius 2 is 1.96 bits per heavy atom. The van der Waals surface area contributed by atoms with Crippen LogP contribution in [0.2, 0.25) is 0 Å². The van der Waals surface area contributed by atoms with Gasteiger partial charge in [0.15, 0.2) is 6.04 Å². The number of ether oxygens (including phenoxy) is 2. The number of esters is 2. The van der Waals surface area contributed by atoms with Crippen LogP contribution < -0.4 is 0 Å². The Morgan fingerprint density at radius 3 is 2.54 bits per heavy atom. The molecule has 0 N–H and O–H groups in total. The van der Waals surface area contributed by atoms with Crippen molar-refractivity contribution in [1.82, 2.24) is 4.90 Å². The molecule has 0 aliphatic carbocycles. The molecule has 1 fully saturated rings. The van der Waals surface area contributed by atoms with Crippen LogP contribution in [-0.2, 0) is 25.6 Å². The maximum Gasteiger partial charge on any atom is 0.323 e. The molecule has 3 atom stereocenters. The van der Waals surface area contributed by atoms with Crippen molar-refractivity contribution in [2.24, 2.45) is 5.11 Å². The van der Waals surface area contributed by atoms with Gasteiger partial charge in [-0.3, -0.25) is 14.5 Å². The van der Waals surface area contributed by atoms with E-state index in [2.05, 4.69) is 10.0 Å². The molecule has 8 heteroatoms. The lowest BCUT2D eigenvalue weighted by atomic mass is 10.1. The van der Waals surface area contributed by atoms with E-state index in [9.17, 15) is 9.59 Å². The van der Waals surface area contributed by atoms with Crippen LogP contribution in [0.3, 0.4) is 0 Å². The average molecular weight is 388 g/mol. The minimum atomic E-state index is -1.01. The highest BCUT2D eigenvalue weighted by molar-refractivity contribution is 5.79. The zero-order valence-electron chi connectivity index (χ0n) is 16.9. The minimum Gasteiger partial charge on any atom is -0.466 e. The second-order valence-corrected chi connectivity index (χ2v) is 7.75. The molecule has 0 saturated carbocycles. The lowest BCUT2D eigenvalue weighted by molar-refractivity contribution is -0.162. The average Bonchev–Trinajstić information content (AvgIpc) is 3.02. The summed E-state index contributed by atoms with van der Waals surface area (Å²) in [6, 6.07) is 7.68. The molecule has 0 spiro atoms. The molecule has 8 nitrogen and oxygen atoms in total. The lowest BCUT2D eigenvalue weighted by Gasteiger charge is -2.33. The summed E-state index contributed by atoms with van der Waals surface area (Å²) < 4.78 is 10.7. The van der Waals surface area contributed by atoms with E-state index in [0.717, 1.165) is 5.56 Å². The van der Waals surface area contributed by atoms with Gasteiger partial charge in [0.2, 0.25) is 0 Å². The molecule has 2 rings (SSSR count). The topological polar surface area (TPSA) is 105 Å². The van der Waals surface area contributed by atoms with Gasteiger partial charge < -0.3 is 9.47 Å². The van der Waals surface area contributed by atoms with Crippen molar-refractivity contribution in [3.8, 4) is 0 Å². The van der Waals surface area contributed by atoms with Crippen LogP contribution in [0, 0.1) is 0 Å². The smallest absolute Gasteiger partial charge is 0.323 e. The van der Waals surface area contributed by atoms with Crippen molar-refractivity contribution in [3.05, 3.63) is 46.3 Å². The fourth-order valence-corrected chi connectivity index (χ4v) is 3.44. The summed E-state index contributed by atoms with van der Waals surface area (Å²) in [6.07, 6.45) is 1.04. The summed E-state index contributed by atoms with van der Waals surface area (Å²) in [7, 11) is 0. The van der Waals surface area contributed by atoms with E-state index < -0.39 is 29.7 Å². The molecule has 0 bridgehead atoms. The standard InChI is InChI=1S/C20H28N4O4/c1-5-27-19(26)17(22-23-21)15-11-12-16(18(25)28-20(2,3)4)24(15)13-14-9-7-6-8-10-14/h6-10,15-17H,5,11-13H2,1-4H3/t15-,16-,17-/m0/s1. The number of nitrogens with zero attached hydrogens (tertiary/aromatic N) is 4. The summed E-state index contributed by atoms with van der Waals surface area (Å²) in [5, 5.41) is 3.70. The number of benzene rings is 1. The first-order valence-corrected chi connectivity index (χ1v) is 9.50. The number of carbonyl (C=O) groups is 2. The quantitative estimate of drug-likeness (QED) is 0.307. The third kappa shape index (κ3) is 5.71. The second-order valence-electron chi connectivity index (χ2n) is 7.75. The first-order valence-electron chi connectivity index (χ1n) is 9.50. The zero-order chi connectivity index (χ0) is 20.7. The van der Waals surface area contributed by atoms with Crippen LogP contribution >= 0.6 is 0 Å². The zero-order valence-corrected chi connectivity index (χ0v) is 16.9. The van der Waals surface area contributed by atoms with Crippen LogP contribution in [0.25, 0.3) is 10.4 Å². The van der Waals surface area contributed by atoms with Crippen molar-refractivity contribution < 1.29 is 19.1 Å². The van der Waals surface area contributed by atoms with E-state index in [1.54, 1.807) is 6.92 Å². The van der Waals surface area contributed by atoms with E-state index in [-0.39, 0.29) is 12.6 Å². The summed E-state index contributed by atoms with van der Waals surface area (Å²) in [5.41, 5.74) is 9.34. The van der Waals surface area contributed by atoms with E-state index >= 15 is 0 Å². The van der Waals surface area contributed by atoms with Crippen LogP contribution in [0.15, 0.2) is 35.4 Å². The molecular formula is C20H28N4O4. The molecule has 1 heterocycles. The molecule has 1 aliphatic heterocycles. The van der Waals surface area contributed by atoms with E-state index in [4.69, 9.17) is 15.0 Å². The van der Waals surface area contributed by atoms with Gasteiger partial charge >= 0.3 is 11.9 Å². The lowest BCUT2D eigenvalue weighted by Crippen LogP contribution is -2.48. The number of hydrogen-bond acceptors (Lipinski definition) is 6. The Kier molecular flexibility index (Phi) is 7.43. The van der Waals surface area contributed by atoms with E-state index in [0.29, 0.717) is 19.4 Å². The highest BCUT2D eigenvalue weighted by Gasteiger charge is 2.45. The van der Waals surface area contributed by atoms with E-state index in [1.165, 1.54) is 0 Å². The van der Waals surface area contributed by atoms with Crippen LogP contribution in [0.1, 0.15) is 46.1 Å². The Bertz CT molecular complexity index is 725. The normalized spacial score (nSPS) is 20.9. The van der Waals surface area contributed by atoms with Crippen molar-refractivity contribution in [2.45, 2.75) is 70.8 Å². The monoisotopic (exact) mass is 388 g/mol. The van der Waals surface area contributed by atoms with Gasteiger partial charge in [0, 0.05) is 17.5 Å². The molecule has 0 amide bonds. The second kappa shape index (κ2) is 9.57. The summed E-state index contributed by atoms with van der Waals surface area (Å²) in [5.74, 6) is -0.914. The third-order valence-electron chi connectivity index (χ3n) is 4.52. The molecule has 1 aliphatic rings. The molecule has 0 unspecified atom stereocenters. The van der Waals surface area contributed by atoms with Gasteiger partial charge in [0.25, 0.3) is 0 Å². The Morgan fingerprint density at radius 1 is 1.29 bits per heavy atom. The first kappa shape index (κ1) is 21.7. The van der Waals surface area contributed by atoms with Gasteiger partial charge in [-0.2, -0.15) is 0 Å². The van der Waals surface area contributed by atoms with Crippen LogP contribution in [0.4, 0.5) is 0 Å². The van der Waals surface area contributed by atoms with Gasteiger partial charge in [0.05, 0.1) is 6.61 Å². The summed E-state index contributed by atoms with van der Waals surface area (Å²) in [6.45, 7) is 7.79. The summed E-state index contributed by atoms with van der Waals surface area (Å²) >= 11 is 0. The number of carbonyl (C=O) groups excluding carboxylic acids is 2. The maximum atomic E-state index is 12.8. The fourth-order valence-electron chi connectivity index (χ4n) is 3.44. The fraction of sp³-hybridized carbons (Fsp3) is 0.600. The van der Waals surface area contributed by atoms with Crippen molar-refractivity contribution in [1.29, 1.82) is 0 Å². The van der Waals surface area contributed by atoms with Gasteiger partial charge in [-0.05, 0) is 51.6 Å². The Hall–Kier alpha value is -2.57. The predicted molar refractivity (Wildman–Crippen MR) is 104 cm³/mol. The SMILES string of the molecule is CCOC(=O)[C@@H](N=[N+]=[N-])[C@@H]1CC[C@@H](C(=O)OC(C)(C)C)N1Cc1ccccc1. The molecule has 1 aromatic rings. The van der Waals surface area contributed by atoms with Gasteiger partial charge in [-0.1, -0.05) is 35.4 Å². The largest absolute Gasteiger partial charge is 0.466 e. The molecule has 1 aromatic carbocycles. The molecule has 152 valence electrons. The van der Waals surface area contributed by atoms with Crippen molar-refractivity contribution in [3.63, 3.8) is 0 Å². The molecule has 0 aromatic heterocycles. The Balaban J connectivity index is 2.33. The van der Waals surface area contributed by atoms with Crippen molar-refractivity contribution in [2.75, 3.05) is 6.61 Å². The van der Waals surface area contributed by atoms with Gasteiger partial charge in [-0.15, -0.1) is 0 Å². The van der Waals surface area contributed by atoms with Gasteiger partial charge in [0.1, 0.15) is 11.6 Å². The molecular weight excluding hydrogens is 360 g/mol. The number of hydrogen-bond donors (Lipinski definition) is 0. The third-order valence-corrected chi connectivity index (χ3v) is 4.52.